The molecular weight excluding hydrogens is 544 g/mol. The lowest BCUT2D eigenvalue weighted by Crippen LogP contribution is -2.55. The Morgan fingerprint density at radius 1 is 0.905 bits per heavy atom. The number of aromatic nitrogens is 1. The number of aliphatic carboxylic acids is 1. The Labute approximate surface area is 243 Å². The summed E-state index contributed by atoms with van der Waals surface area (Å²) in [5, 5.41) is 17.2. The summed E-state index contributed by atoms with van der Waals surface area (Å²) in [4.78, 5) is 65.5. The number of H-pyrrole nitrogens is 1. The van der Waals surface area contributed by atoms with E-state index < -0.39 is 54.1 Å². The zero-order chi connectivity index (χ0) is 30.7. The van der Waals surface area contributed by atoms with Crippen LogP contribution in [0.4, 0.5) is 4.79 Å². The van der Waals surface area contributed by atoms with Gasteiger partial charge in [0.2, 0.25) is 11.8 Å². The van der Waals surface area contributed by atoms with Gasteiger partial charge in [0.05, 0.1) is 0 Å². The smallest absolute Gasteiger partial charge is 0.408 e. The van der Waals surface area contributed by atoms with Crippen LogP contribution in [0.25, 0.3) is 10.9 Å². The van der Waals surface area contributed by atoms with Gasteiger partial charge in [-0.3, -0.25) is 19.2 Å². The number of hydrogen-bond donors (Lipinski definition) is 5. The Hall–Kier alpha value is -4.87. The number of rotatable bonds is 13. The van der Waals surface area contributed by atoms with E-state index in [0.717, 1.165) is 22.0 Å². The van der Waals surface area contributed by atoms with E-state index in [9.17, 15) is 24.0 Å². The molecule has 0 fully saturated rings. The van der Waals surface area contributed by atoms with Crippen molar-refractivity contribution in [1.82, 2.24) is 20.9 Å². The second kappa shape index (κ2) is 14.7. The maximum Gasteiger partial charge on any atom is 0.408 e. The predicted octanol–water partition coefficient (Wildman–Crippen LogP) is 2.81. The Morgan fingerprint density at radius 3 is 2.29 bits per heavy atom. The number of fused-ring (bicyclic) bond motifs is 1. The Morgan fingerprint density at radius 2 is 1.60 bits per heavy atom. The predicted molar refractivity (Wildman–Crippen MR) is 153 cm³/mol. The number of carboxylic acid groups (broad SMARTS) is 1. The molecule has 224 valence electrons. The van der Waals surface area contributed by atoms with Crippen molar-refractivity contribution in [2.75, 3.05) is 6.54 Å². The van der Waals surface area contributed by atoms with E-state index >= 15 is 0 Å². The van der Waals surface area contributed by atoms with E-state index in [1.165, 1.54) is 0 Å². The highest BCUT2D eigenvalue weighted by Crippen LogP contribution is 2.19. The van der Waals surface area contributed by atoms with Crippen LogP contribution in [0.15, 0.2) is 60.8 Å². The molecule has 0 aliphatic rings. The molecule has 1 aromatic heterocycles. The minimum Gasteiger partial charge on any atom is -0.480 e. The summed E-state index contributed by atoms with van der Waals surface area (Å²) in [6, 6.07) is 14.0. The number of para-hydroxylation sites is 1. The molecule has 0 bridgehead atoms. The number of carboxylic acids is 1. The van der Waals surface area contributed by atoms with Crippen molar-refractivity contribution in [1.29, 1.82) is 0 Å². The molecule has 0 saturated carbocycles. The monoisotopic (exact) mass is 580 g/mol. The largest absolute Gasteiger partial charge is 0.480 e. The number of amides is 3. The van der Waals surface area contributed by atoms with E-state index in [0.29, 0.717) is 0 Å². The second-order valence-corrected chi connectivity index (χ2v) is 10.6. The number of aromatic amines is 1. The highest BCUT2D eigenvalue weighted by Gasteiger charge is 2.29. The van der Waals surface area contributed by atoms with Crippen LogP contribution in [0.2, 0.25) is 0 Å². The first-order valence-corrected chi connectivity index (χ1v) is 13.4. The Kier molecular flexibility index (Phi) is 11.1. The Bertz CT molecular complexity index is 1400. The molecule has 0 aliphatic carbocycles. The summed E-state index contributed by atoms with van der Waals surface area (Å²) >= 11 is 0. The molecular formula is C30H36N4O8. The van der Waals surface area contributed by atoms with E-state index in [-0.39, 0.29) is 25.9 Å². The first-order valence-electron chi connectivity index (χ1n) is 13.4. The van der Waals surface area contributed by atoms with Crippen molar-refractivity contribution in [2.45, 2.75) is 64.3 Å². The normalized spacial score (nSPS) is 12.5. The van der Waals surface area contributed by atoms with Crippen molar-refractivity contribution in [2.24, 2.45) is 0 Å². The lowest BCUT2D eigenvalue weighted by atomic mass is 10.0. The highest BCUT2D eigenvalue weighted by molar-refractivity contribution is 5.93. The number of benzene rings is 2. The molecule has 12 nitrogen and oxygen atoms in total. The second-order valence-electron chi connectivity index (χ2n) is 10.6. The van der Waals surface area contributed by atoms with E-state index in [2.05, 4.69) is 20.9 Å². The summed E-state index contributed by atoms with van der Waals surface area (Å²) in [5.41, 5.74) is 1.56. The first-order chi connectivity index (χ1) is 19.9. The molecule has 2 aromatic carbocycles. The van der Waals surface area contributed by atoms with Crippen LogP contribution >= 0.6 is 0 Å². The van der Waals surface area contributed by atoms with Crippen molar-refractivity contribution in [3.05, 3.63) is 71.9 Å². The summed E-state index contributed by atoms with van der Waals surface area (Å²) in [5.74, 6) is -3.39. The van der Waals surface area contributed by atoms with Gasteiger partial charge in [-0.2, -0.15) is 0 Å². The third-order valence-electron chi connectivity index (χ3n) is 6.02. The van der Waals surface area contributed by atoms with Gasteiger partial charge in [-0.25, -0.2) is 4.79 Å². The molecule has 2 atom stereocenters. The average molecular weight is 581 g/mol. The third-order valence-corrected chi connectivity index (χ3v) is 6.02. The van der Waals surface area contributed by atoms with Gasteiger partial charge in [0, 0.05) is 29.9 Å². The summed E-state index contributed by atoms with van der Waals surface area (Å²) in [6.07, 6.45) is 0.541. The number of nitrogens with one attached hydrogen (secondary N) is 4. The summed E-state index contributed by atoms with van der Waals surface area (Å²) in [6.45, 7) is 4.38. The van der Waals surface area contributed by atoms with Gasteiger partial charge in [0.1, 0.15) is 30.8 Å². The lowest BCUT2D eigenvalue weighted by molar-refractivity contribution is -0.155. The van der Waals surface area contributed by atoms with Gasteiger partial charge in [-0.05, 0) is 44.4 Å². The number of ether oxygens (including phenoxy) is 2. The van der Waals surface area contributed by atoms with Crippen LogP contribution < -0.4 is 16.0 Å². The van der Waals surface area contributed by atoms with Gasteiger partial charge in [0.25, 0.3) is 0 Å². The molecule has 3 amide bonds. The zero-order valence-corrected chi connectivity index (χ0v) is 23.8. The fraction of sp³-hybridized carbons (Fsp3) is 0.367. The van der Waals surface area contributed by atoms with Crippen LogP contribution in [0.5, 0.6) is 0 Å². The van der Waals surface area contributed by atoms with Gasteiger partial charge >= 0.3 is 18.0 Å². The van der Waals surface area contributed by atoms with Crippen LogP contribution in [0.1, 0.15) is 44.7 Å². The highest BCUT2D eigenvalue weighted by atomic mass is 16.6. The molecule has 0 saturated heterocycles. The molecule has 0 unspecified atom stereocenters. The third kappa shape index (κ3) is 10.3. The van der Waals surface area contributed by atoms with Crippen molar-refractivity contribution in [3.8, 4) is 0 Å². The lowest BCUT2D eigenvalue weighted by Gasteiger charge is -2.24. The average Bonchev–Trinajstić information content (AvgIpc) is 3.34. The molecule has 3 aromatic rings. The van der Waals surface area contributed by atoms with Gasteiger partial charge < -0.3 is 35.5 Å². The molecule has 0 aliphatic heterocycles. The number of carbonyl (C=O) groups excluding carboxylic acids is 4. The summed E-state index contributed by atoms with van der Waals surface area (Å²) in [7, 11) is 0. The minimum absolute atomic E-state index is 0.0236. The quantitative estimate of drug-likeness (QED) is 0.192. The molecule has 12 heteroatoms. The first kappa shape index (κ1) is 31.7. The minimum atomic E-state index is -1.28. The fourth-order valence-electron chi connectivity index (χ4n) is 4.12. The molecule has 0 spiro atoms. The SMILES string of the molecule is CC(C)(C)OC(=O)CC[C@H](NC(=O)[C@H](Cc1c[nH]c2ccccc12)NC(=O)OCc1ccccc1)C(=O)NCC(=O)O. The van der Waals surface area contributed by atoms with E-state index in [1.807, 2.05) is 30.3 Å². The standard InChI is InChI=1S/C30H36N4O8/c1-30(2,3)42-26(37)14-13-23(27(38)32-17-25(35)36)33-28(39)24(15-20-16-31-22-12-8-7-11-21(20)22)34-29(40)41-18-19-9-5-4-6-10-19/h4-12,16,23-24,31H,13-15,17-18H2,1-3H3,(H,32,38)(H,33,39)(H,34,40)(H,35,36)/t23-,24-/m0/s1. The van der Waals surface area contributed by atoms with Crippen molar-refractivity contribution < 1.29 is 38.6 Å². The number of hydrogen-bond acceptors (Lipinski definition) is 7. The number of alkyl carbamates (subject to hydrolysis) is 1. The van der Waals surface area contributed by atoms with Crippen molar-refractivity contribution >= 4 is 40.7 Å². The van der Waals surface area contributed by atoms with E-state index in [4.69, 9.17) is 14.6 Å². The van der Waals surface area contributed by atoms with Crippen LogP contribution in [0.3, 0.4) is 0 Å². The topological polar surface area (TPSA) is 176 Å². The van der Waals surface area contributed by atoms with Gasteiger partial charge in [-0.15, -0.1) is 0 Å². The maximum atomic E-state index is 13.5. The molecule has 3 rings (SSSR count). The molecule has 0 radical (unpaired) electrons. The van der Waals surface area contributed by atoms with Crippen LogP contribution in [0, 0.1) is 0 Å². The number of esters is 1. The van der Waals surface area contributed by atoms with Crippen molar-refractivity contribution in [3.63, 3.8) is 0 Å². The zero-order valence-electron chi connectivity index (χ0n) is 23.8. The molecule has 42 heavy (non-hydrogen) atoms. The fourth-order valence-corrected chi connectivity index (χ4v) is 4.12. The Balaban J connectivity index is 1.78. The molecule has 1 heterocycles. The maximum absolute atomic E-state index is 13.5. The van der Waals surface area contributed by atoms with Crippen LogP contribution in [-0.4, -0.2) is 64.2 Å². The van der Waals surface area contributed by atoms with Gasteiger partial charge in [0.15, 0.2) is 0 Å². The van der Waals surface area contributed by atoms with Gasteiger partial charge in [-0.1, -0.05) is 48.5 Å². The summed E-state index contributed by atoms with van der Waals surface area (Å²) < 4.78 is 10.6. The number of carbonyl (C=O) groups is 5. The van der Waals surface area contributed by atoms with Crippen LogP contribution in [-0.2, 0) is 41.7 Å². The van der Waals surface area contributed by atoms with E-state index in [1.54, 1.807) is 51.2 Å². The molecule has 5 N–H and O–H groups in total.